The number of hydrogen-bond donors (Lipinski definition) is 2. The third kappa shape index (κ3) is 5.34. The van der Waals surface area contributed by atoms with Crippen molar-refractivity contribution in [3.63, 3.8) is 0 Å². The van der Waals surface area contributed by atoms with Gasteiger partial charge in [0.25, 0.3) is 10.2 Å². The lowest BCUT2D eigenvalue weighted by Crippen LogP contribution is -2.45. The van der Waals surface area contributed by atoms with Crippen LogP contribution in [0.5, 0.6) is 11.5 Å². The van der Waals surface area contributed by atoms with Gasteiger partial charge in [-0.05, 0) is 56.5 Å². The fraction of sp³-hybridized carbons (Fsp3) is 0.684. The largest absolute Gasteiger partial charge is 0.493 e. The standard InChI is InChI=1S/C19H31N3O4S/c1-25-18-10-9-15(13-19(18)26-2)17(22-11-5-6-12-22)14-20-27(23,24)21-16-7-3-4-8-16/h9-10,13,16-17,20-21H,3-8,11-12,14H2,1-2H3. The molecule has 8 heteroatoms. The molecule has 1 unspecified atom stereocenters. The summed E-state index contributed by atoms with van der Waals surface area (Å²) in [7, 11) is -0.287. The van der Waals surface area contributed by atoms with Crippen molar-refractivity contribution >= 4 is 10.2 Å². The summed E-state index contributed by atoms with van der Waals surface area (Å²) in [5, 5.41) is 0. The van der Waals surface area contributed by atoms with Crippen molar-refractivity contribution < 1.29 is 17.9 Å². The lowest BCUT2D eigenvalue weighted by Gasteiger charge is -2.29. The third-order valence-electron chi connectivity index (χ3n) is 5.52. The first-order valence-corrected chi connectivity index (χ1v) is 11.2. The normalized spacial score (nSPS) is 20.1. The molecular weight excluding hydrogens is 366 g/mol. The second-order valence-corrected chi connectivity index (χ2v) is 8.86. The maximum absolute atomic E-state index is 12.5. The molecule has 0 radical (unpaired) electrons. The Morgan fingerprint density at radius 3 is 2.37 bits per heavy atom. The molecule has 0 aromatic heterocycles. The van der Waals surface area contributed by atoms with Gasteiger partial charge in [0.05, 0.1) is 14.2 Å². The maximum Gasteiger partial charge on any atom is 0.277 e. The quantitative estimate of drug-likeness (QED) is 0.668. The van der Waals surface area contributed by atoms with Crippen molar-refractivity contribution in [3.05, 3.63) is 23.8 Å². The minimum absolute atomic E-state index is 0.0348. The van der Waals surface area contributed by atoms with Crippen LogP contribution in [0.3, 0.4) is 0 Å². The van der Waals surface area contributed by atoms with E-state index in [0.29, 0.717) is 18.0 Å². The molecule has 0 bridgehead atoms. The molecule has 0 amide bonds. The molecule has 3 rings (SSSR count). The zero-order valence-electron chi connectivity index (χ0n) is 16.2. The van der Waals surface area contributed by atoms with Gasteiger partial charge in [0.15, 0.2) is 11.5 Å². The minimum atomic E-state index is -3.51. The van der Waals surface area contributed by atoms with Gasteiger partial charge in [0.1, 0.15) is 0 Å². The molecule has 2 fully saturated rings. The molecule has 152 valence electrons. The summed E-state index contributed by atoms with van der Waals surface area (Å²) < 4.78 is 41.3. The first kappa shape index (κ1) is 20.4. The lowest BCUT2D eigenvalue weighted by atomic mass is 10.0. The van der Waals surface area contributed by atoms with Crippen molar-refractivity contribution in [2.24, 2.45) is 0 Å². The molecule has 1 aromatic rings. The number of rotatable bonds is 9. The Morgan fingerprint density at radius 2 is 1.74 bits per heavy atom. The van der Waals surface area contributed by atoms with Crippen LogP contribution in [0.15, 0.2) is 18.2 Å². The van der Waals surface area contributed by atoms with Gasteiger partial charge in [-0.2, -0.15) is 13.1 Å². The average molecular weight is 398 g/mol. The number of hydrogen-bond acceptors (Lipinski definition) is 5. The van der Waals surface area contributed by atoms with Crippen LogP contribution in [-0.2, 0) is 10.2 Å². The van der Waals surface area contributed by atoms with E-state index in [-0.39, 0.29) is 12.1 Å². The molecule has 1 heterocycles. The van der Waals surface area contributed by atoms with Gasteiger partial charge in [-0.15, -0.1) is 0 Å². The van der Waals surface area contributed by atoms with Crippen molar-refractivity contribution in [2.75, 3.05) is 33.9 Å². The van der Waals surface area contributed by atoms with Crippen molar-refractivity contribution in [3.8, 4) is 11.5 Å². The number of methoxy groups -OCH3 is 2. The van der Waals surface area contributed by atoms with Crippen molar-refractivity contribution in [2.45, 2.75) is 50.6 Å². The van der Waals surface area contributed by atoms with Gasteiger partial charge in [0.2, 0.25) is 0 Å². The summed E-state index contributed by atoms with van der Waals surface area (Å²) in [5.41, 5.74) is 1.03. The van der Waals surface area contributed by atoms with Gasteiger partial charge in [-0.25, -0.2) is 4.72 Å². The Morgan fingerprint density at radius 1 is 1.07 bits per heavy atom. The van der Waals surface area contributed by atoms with Gasteiger partial charge in [0, 0.05) is 18.6 Å². The maximum atomic E-state index is 12.5. The second kappa shape index (κ2) is 9.23. The Hall–Kier alpha value is -1.35. The predicted molar refractivity (Wildman–Crippen MR) is 105 cm³/mol. The van der Waals surface area contributed by atoms with Crippen LogP contribution in [-0.4, -0.2) is 53.2 Å². The summed E-state index contributed by atoms with van der Waals surface area (Å²) in [6.45, 7) is 2.27. The van der Waals surface area contributed by atoms with Crippen LogP contribution >= 0.6 is 0 Å². The topological polar surface area (TPSA) is 79.9 Å². The fourth-order valence-electron chi connectivity index (χ4n) is 4.06. The number of ether oxygens (including phenoxy) is 2. The van der Waals surface area contributed by atoms with Gasteiger partial charge in [-0.1, -0.05) is 18.9 Å². The summed E-state index contributed by atoms with van der Waals surface area (Å²) in [5.74, 6) is 1.33. The number of benzene rings is 1. The Kier molecular flexibility index (Phi) is 6.97. The van der Waals surface area contributed by atoms with E-state index in [2.05, 4.69) is 14.3 Å². The van der Waals surface area contributed by atoms with Crippen molar-refractivity contribution in [1.29, 1.82) is 0 Å². The van der Waals surface area contributed by atoms with Crippen LogP contribution in [0.25, 0.3) is 0 Å². The van der Waals surface area contributed by atoms with Gasteiger partial charge in [-0.3, -0.25) is 4.90 Å². The van der Waals surface area contributed by atoms with E-state index in [1.165, 1.54) is 0 Å². The molecule has 27 heavy (non-hydrogen) atoms. The van der Waals surface area contributed by atoms with E-state index in [0.717, 1.165) is 57.2 Å². The van der Waals surface area contributed by atoms with Crippen LogP contribution in [0.2, 0.25) is 0 Å². The molecular formula is C19H31N3O4S. The number of likely N-dealkylation sites (tertiary alicyclic amines) is 1. The van der Waals surface area contributed by atoms with Gasteiger partial charge >= 0.3 is 0 Å². The molecule has 2 N–H and O–H groups in total. The highest BCUT2D eigenvalue weighted by molar-refractivity contribution is 7.87. The summed E-state index contributed by atoms with van der Waals surface area (Å²) in [4.78, 5) is 2.33. The predicted octanol–water partition coefficient (Wildman–Crippen LogP) is 2.21. The van der Waals surface area contributed by atoms with E-state index in [1.807, 2.05) is 18.2 Å². The second-order valence-electron chi connectivity index (χ2n) is 7.32. The van der Waals surface area contributed by atoms with Crippen LogP contribution in [0.1, 0.15) is 50.1 Å². The summed E-state index contributed by atoms with van der Waals surface area (Å²) in [6, 6.07) is 5.84. The molecule has 2 aliphatic rings. The molecule has 1 aliphatic heterocycles. The van der Waals surface area contributed by atoms with E-state index in [4.69, 9.17) is 9.47 Å². The lowest BCUT2D eigenvalue weighted by molar-refractivity contribution is 0.245. The molecule has 0 spiro atoms. The molecule has 1 aliphatic carbocycles. The van der Waals surface area contributed by atoms with Gasteiger partial charge < -0.3 is 9.47 Å². The third-order valence-corrected chi connectivity index (χ3v) is 6.71. The zero-order chi connectivity index (χ0) is 19.3. The highest BCUT2D eigenvalue weighted by Gasteiger charge is 2.27. The van der Waals surface area contributed by atoms with Crippen LogP contribution < -0.4 is 18.9 Å². The number of nitrogens with one attached hydrogen (secondary N) is 2. The zero-order valence-corrected chi connectivity index (χ0v) is 17.1. The van der Waals surface area contributed by atoms with E-state index in [1.54, 1.807) is 14.2 Å². The van der Waals surface area contributed by atoms with Crippen molar-refractivity contribution in [1.82, 2.24) is 14.3 Å². The van der Waals surface area contributed by atoms with E-state index >= 15 is 0 Å². The SMILES string of the molecule is COc1ccc(C(CNS(=O)(=O)NC2CCCC2)N2CCCC2)cc1OC. The van der Waals surface area contributed by atoms with Crippen LogP contribution in [0, 0.1) is 0 Å². The summed E-state index contributed by atoms with van der Waals surface area (Å²) >= 11 is 0. The summed E-state index contributed by atoms with van der Waals surface area (Å²) in [6.07, 6.45) is 6.30. The highest BCUT2D eigenvalue weighted by atomic mass is 32.2. The number of nitrogens with zero attached hydrogens (tertiary/aromatic N) is 1. The molecule has 1 aromatic carbocycles. The molecule has 1 saturated heterocycles. The van der Waals surface area contributed by atoms with E-state index < -0.39 is 10.2 Å². The average Bonchev–Trinajstić information content (AvgIpc) is 3.35. The Bertz CT molecular complexity index is 714. The molecule has 1 atom stereocenters. The monoisotopic (exact) mass is 397 g/mol. The first-order valence-electron chi connectivity index (χ1n) is 9.75. The minimum Gasteiger partial charge on any atom is -0.493 e. The first-order chi connectivity index (χ1) is 13.0. The molecule has 7 nitrogen and oxygen atoms in total. The molecule has 1 saturated carbocycles. The van der Waals surface area contributed by atoms with E-state index in [9.17, 15) is 8.42 Å². The Labute approximate surface area is 162 Å². The highest BCUT2D eigenvalue weighted by Crippen LogP contribution is 2.33. The fourth-order valence-corrected chi connectivity index (χ4v) is 5.20. The Balaban J connectivity index is 1.73. The smallest absolute Gasteiger partial charge is 0.277 e. The van der Waals surface area contributed by atoms with Crippen LogP contribution in [0.4, 0.5) is 0 Å².